The number of hydrogen-bond acceptors (Lipinski definition) is 5. The number of rotatable bonds is 6. The second-order valence-corrected chi connectivity index (χ2v) is 7.09. The van der Waals surface area contributed by atoms with Crippen molar-refractivity contribution in [3.05, 3.63) is 65.9 Å². The highest BCUT2D eigenvalue weighted by molar-refractivity contribution is 5.65. The molecular formula is C22H23F3N4O. The van der Waals surface area contributed by atoms with Crippen molar-refractivity contribution < 1.29 is 17.9 Å². The third-order valence-electron chi connectivity index (χ3n) is 4.68. The highest BCUT2D eigenvalue weighted by Crippen LogP contribution is 2.38. The average molecular weight is 416 g/mol. The molecule has 1 N–H and O–H groups in total. The van der Waals surface area contributed by atoms with Gasteiger partial charge in [0.05, 0.1) is 7.11 Å². The first-order valence-electron chi connectivity index (χ1n) is 9.38. The minimum atomic E-state index is -4.58. The van der Waals surface area contributed by atoms with Gasteiger partial charge < -0.3 is 15.0 Å². The van der Waals surface area contributed by atoms with Crippen LogP contribution < -0.4 is 15.0 Å². The Labute approximate surface area is 173 Å². The topological polar surface area (TPSA) is 50.3 Å². The maximum absolute atomic E-state index is 13.6. The first kappa shape index (κ1) is 21.4. The lowest BCUT2D eigenvalue weighted by Gasteiger charge is -2.23. The van der Waals surface area contributed by atoms with Crippen LogP contribution in [0.3, 0.4) is 0 Å². The molecule has 8 heteroatoms. The van der Waals surface area contributed by atoms with Crippen LogP contribution in [0.4, 0.5) is 36.3 Å². The Hall–Kier alpha value is -3.29. The molecule has 0 saturated heterocycles. The van der Waals surface area contributed by atoms with E-state index in [-0.39, 0.29) is 11.8 Å². The number of ether oxygens (including phenoxy) is 1. The van der Waals surface area contributed by atoms with Crippen molar-refractivity contribution >= 4 is 23.1 Å². The van der Waals surface area contributed by atoms with Crippen molar-refractivity contribution in [2.24, 2.45) is 0 Å². The number of hydrogen-bond donors (Lipinski definition) is 1. The van der Waals surface area contributed by atoms with Crippen LogP contribution in [0.15, 0.2) is 54.7 Å². The smallest absolute Gasteiger partial charge is 0.421 e. The summed E-state index contributed by atoms with van der Waals surface area (Å²) in [5.74, 6) is 0.827. The van der Waals surface area contributed by atoms with Gasteiger partial charge in [-0.1, -0.05) is 26.0 Å². The molecule has 0 saturated carbocycles. The van der Waals surface area contributed by atoms with Crippen molar-refractivity contribution in [1.82, 2.24) is 9.97 Å². The number of nitrogens with zero attached hydrogens (tertiary/aromatic N) is 3. The van der Waals surface area contributed by atoms with Crippen LogP contribution in [-0.2, 0) is 6.18 Å². The maximum atomic E-state index is 13.6. The summed E-state index contributed by atoms with van der Waals surface area (Å²) in [5, 5.41) is 2.93. The van der Waals surface area contributed by atoms with Crippen molar-refractivity contribution in [3.63, 3.8) is 0 Å². The van der Waals surface area contributed by atoms with E-state index < -0.39 is 11.7 Å². The van der Waals surface area contributed by atoms with Gasteiger partial charge in [-0.25, -0.2) is 4.98 Å². The van der Waals surface area contributed by atoms with Crippen LogP contribution in [0.1, 0.15) is 30.9 Å². The first-order chi connectivity index (χ1) is 14.2. The summed E-state index contributed by atoms with van der Waals surface area (Å²) in [5.41, 5.74) is 1.43. The average Bonchev–Trinajstić information content (AvgIpc) is 2.73. The fraction of sp³-hybridized carbons (Fsp3) is 0.273. The van der Waals surface area contributed by atoms with Crippen LogP contribution in [0, 0.1) is 0 Å². The van der Waals surface area contributed by atoms with E-state index in [2.05, 4.69) is 29.1 Å². The second kappa shape index (κ2) is 8.61. The Morgan fingerprint density at radius 3 is 2.17 bits per heavy atom. The normalized spacial score (nSPS) is 11.5. The fourth-order valence-electron chi connectivity index (χ4n) is 2.90. The summed E-state index contributed by atoms with van der Waals surface area (Å²) in [6.45, 7) is 4.12. The summed E-state index contributed by atoms with van der Waals surface area (Å²) >= 11 is 0. The molecule has 3 rings (SSSR count). The van der Waals surface area contributed by atoms with Crippen LogP contribution in [0.5, 0.6) is 5.75 Å². The Morgan fingerprint density at radius 1 is 1.00 bits per heavy atom. The zero-order chi connectivity index (χ0) is 21.9. The van der Waals surface area contributed by atoms with E-state index in [4.69, 9.17) is 4.74 Å². The van der Waals surface area contributed by atoms with E-state index in [1.54, 1.807) is 50.6 Å². The zero-order valence-corrected chi connectivity index (χ0v) is 17.2. The monoisotopic (exact) mass is 416 g/mol. The fourth-order valence-corrected chi connectivity index (χ4v) is 2.90. The van der Waals surface area contributed by atoms with Gasteiger partial charge in [0.1, 0.15) is 11.3 Å². The lowest BCUT2D eigenvalue weighted by Crippen LogP contribution is -2.19. The Kier molecular flexibility index (Phi) is 6.14. The molecular weight excluding hydrogens is 393 g/mol. The van der Waals surface area contributed by atoms with Gasteiger partial charge in [0.25, 0.3) is 0 Å². The number of halogens is 3. The summed E-state index contributed by atoms with van der Waals surface area (Å²) < 4.78 is 45.9. The van der Waals surface area contributed by atoms with Gasteiger partial charge in [-0.2, -0.15) is 18.2 Å². The third-order valence-corrected chi connectivity index (χ3v) is 4.68. The predicted octanol–water partition coefficient (Wildman–Crippen LogP) is 6.14. The van der Waals surface area contributed by atoms with E-state index in [1.807, 2.05) is 12.1 Å². The summed E-state index contributed by atoms with van der Waals surface area (Å²) in [6.07, 6.45) is -3.78. The van der Waals surface area contributed by atoms with E-state index in [1.165, 1.54) is 4.90 Å². The third kappa shape index (κ3) is 4.82. The molecule has 0 amide bonds. The van der Waals surface area contributed by atoms with E-state index in [0.717, 1.165) is 11.8 Å². The van der Waals surface area contributed by atoms with Crippen molar-refractivity contribution in [2.45, 2.75) is 25.9 Å². The van der Waals surface area contributed by atoms with E-state index in [9.17, 15) is 13.2 Å². The van der Waals surface area contributed by atoms with Crippen molar-refractivity contribution in [3.8, 4) is 5.75 Å². The molecule has 5 nitrogen and oxygen atoms in total. The molecule has 0 aliphatic carbocycles. The summed E-state index contributed by atoms with van der Waals surface area (Å²) in [7, 11) is 3.11. The largest absolute Gasteiger partial charge is 0.497 e. The summed E-state index contributed by atoms with van der Waals surface area (Å²) in [4.78, 5) is 9.43. The highest BCUT2D eigenvalue weighted by Gasteiger charge is 2.36. The van der Waals surface area contributed by atoms with Crippen LogP contribution >= 0.6 is 0 Å². The SMILES string of the molecule is COc1ccc(Nc2ncc(C(F)(F)F)c(N(C)c3ccc(C(C)C)cc3)n2)cc1. The van der Waals surface area contributed by atoms with Crippen LogP contribution in [0.2, 0.25) is 0 Å². The molecule has 0 aliphatic rings. The number of nitrogens with one attached hydrogen (secondary N) is 1. The van der Waals surface area contributed by atoms with Gasteiger partial charge in [-0.15, -0.1) is 0 Å². The second-order valence-electron chi connectivity index (χ2n) is 7.09. The van der Waals surface area contributed by atoms with Crippen LogP contribution in [0.25, 0.3) is 0 Å². The molecule has 0 atom stereocenters. The number of benzene rings is 2. The Morgan fingerprint density at radius 2 is 1.63 bits per heavy atom. The molecule has 158 valence electrons. The Bertz CT molecular complexity index is 987. The van der Waals surface area contributed by atoms with Gasteiger partial charge in [0.15, 0.2) is 5.82 Å². The molecule has 0 bridgehead atoms. The molecule has 3 aromatic rings. The maximum Gasteiger partial charge on any atom is 0.421 e. The highest BCUT2D eigenvalue weighted by atomic mass is 19.4. The zero-order valence-electron chi connectivity index (χ0n) is 17.2. The number of anilines is 4. The molecule has 0 unspecified atom stereocenters. The molecule has 0 aliphatic heterocycles. The van der Waals surface area contributed by atoms with Gasteiger partial charge in [-0.05, 0) is 47.9 Å². The molecule has 0 radical (unpaired) electrons. The molecule has 1 aromatic heterocycles. The van der Waals surface area contributed by atoms with Crippen molar-refractivity contribution in [1.29, 1.82) is 0 Å². The van der Waals surface area contributed by atoms with Gasteiger partial charge in [-0.3, -0.25) is 0 Å². The molecule has 1 heterocycles. The van der Waals surface area contributed by atoms with E-state index in [0.29, 0.717) is 23.0 Å². The standard InChI is InChI=1S/C22H23F3N4O/c1-14(2)15-5-9-17(10-6-15)29(3)20-19(22(23,24)25)13-26-21(28-20)27-16-7-11-18(30-4)12-8-16/h5-14H,1-4H3,(H,26,27,28). The van der Waals surface area contributed by atoms with Gasteiger partial charge in [0.2, 0.25) is 5.95 Å². The number of alkyl halides is 3. The first-order valence-corrected chi connectivity index (χ1v) is 9.38. The molecule has 2 aromatic carbocycles. The number of aromatic nitrogens is 2. The minimum absolute atomic E-state index is 0.0637. The molecule has 0 fully saturated rings. The quantitative estimate of drug-likeness (QED) is 0.523. The predicted molar refractivity (Wildman–Crippen MR) is 112 cm³/mol. The van der Waals surface area contributed by atoms with Gasteiger partial charge >= 0.3 is 6.18 Å². The van der Waals surface area contributed by atoms with Crippen molar-refractivity contribution in [2.75, 3.05) is 24.4 Å². The number of methoxy groups -OCH3 is 1. The van der Waals surface area contributed by atoms with Crippen LogP contribution in [-0.4, -0.2) is 24.1 Å². The minimum Gasteiger partial charge on any atom is -0.497 e. The lowest BCUT2D eigenvalue weighted by molar-refractivity contribution is -0.137. The molecule has 30 heavy (non-hydrogen) atoms. The lowest BCUT2D eigenvalue weighted by atomic mass is 10.0. The summed E-state index contributed by atoms with van der Waals surface area (Å²) in [6, 6.07) is 14.3. The van der Waals surface area contributed by atoms with E-state index >= 15 is 0 Å². The van der Waals surface area contributed by atoms with Gasteiger partial charge in [0, 0.05) is 24.6 Å². The molecule has 0 spiro atoms. The Balaban J connectivity index is 1.96.